The van der Waals surface area contributed by atoms with Crippen LogP contribution < -0.4 is 0 Å². The first-order chi connectivity index (χ1) is 10.8. The minimum absolute atomic E-state index is 0.273. The third-order valence-electron chi connectivity index (χ3n) is 4.41. The summed E-state index contributed by atoms with van der Waals surface area (Å²) in [4.78, 5) is 25.1. The minimum atomic E-state index is -4.99. The maximum absolute atomic E-state index is 12.9. The second-order valence-electron chi connectivity index (χ2n) is 5.91. The quantitative estimate of drug-likeness (QED) is 0.358. The molecule has 0 saturated heterocycles. The molecule has 0 aromatic heterocycles. The lowest BCUT2D eigenvalue weighted by Crippen LogP contribution is -2.49. The summed E-state index contributed by atoms with van der Waals surface area (Å²) < 4.78 is 68.7. The van der Waals surface area contributed by atoms with Crippen LogP contribution in [0.3, 0.4) is 0 Å². The van der Waals surface area contributed by atoms with Gasteiger partial charge in [-0.05, 0) is 12.8 Å². The predicted octanol–water partition coefficient (Wildman–Crippen LogP) is 1.64. The van der Waals surface area contributed by atoms with E-state index in [4.69, 9.17) is 0 Å². The van der Waals surface area contributed by atoms with E-state index >= 15 is 0 Å². The van der Waals surface area contributed by atoms with Crippen molar-refractivity contribution in [1.82, 2.24) is 0 Å². The molecule has 0 amide bonds. The van der Waals surface area contributed by atoms with Gasteiger partial charge in [0.15, 0.2) is 0 Å². The number of carbonyl (C=O) groups excluding carboxylic acids is 2. The second kappa shape index (κ2) is 6.83. The van der Waals surface area contributed by atoms with Gasteiger partial charge >= 0.3 is 20.4 Å². The van der Waals surface area contributed by atoms with Crippen LogP contribution in [0.1, 0.15) is 25.7 Å². The molecule has 136 valence electrons. The first-order valence-corrected chi connectivity index (χ1v) is 10.1. The normalized spacial score (nSPS) is 20.6. The van der Waals surface area contributed by atoms with Crippen molar-refractivity contribution >= 4 is 32.0 Å². The standard InChI is InChI=1S/C14H18F2O6S2/c1-3-13(4-2)9-11(17)14(12(18)10-13,5-7-23(15,19)20)6-8-24(16,21)22/h3-4H,1-2,5-10H2. The fourth-order valence-corrected chi connectivity index (χ4v) is 3.99. The van der Waals surface area contributed by atoms with Crippen LogP contribution in [-0.4, -0.2) is 39.9 Å². The van der Waals surface area contributed by atoms with E-state index in [-0.39, 0.29) is 12.8 Å². The number of carbonyl (C=O) groups is 2. The Labute approximate surface area is 140 Å². The number of halogens is 2. The summed E-state index contributed by atoms with van der Waals surface area (Å²) in [6.45, 7) is 7.05. The molecule has 1 aliphatic carbocycles. The number of rotatable bonds is 8. The fraction of sp³-hybridized carbons (Fsp3) is 0.571. The lowest BCUT2D eigenvalue weighted by Gasteiger charge is -2.41. The van der Waals surface area contributed by atoms with Crippen LogP contribution >= 0.6 is 0 Å². The Balaban J connectivity index is 3.26. The molecule has 6 nitrogen and oxygen atoms in total. The lowest BCUT2D eigenvalue weighted by atomic mass is 9.60. The largest absolute Gasteiger partial charge is 0.302 e. The highest BCUT2D eigenvalue weighted by atomic mass is 32.3. The summed E-state index contributed by atoms with van der Waals surface area (Å²) in [6, 6.07) is 0. The SMILES string of the molecule is C=CC1(C=C)CC(=O)C(CCS(=O)(=O)F)(CCS(=O)(=O)F)C(=O)C1. The molecule has 0 spiro atoms. The summed E-state index contributed by atoms with van der Waals surface area (Å²) in [6.07, 6.45) is 0.677. The first-order valence-electron chi connectivity index (χ1n) is 6.98. The van der Waals surface area contributed by atoms with Crippen LogP contribution in [0.15, 0.2) is 25.3 Å². The molecule has 0 unspecified atom stereocenters. The number of ketones is 2. The van der Waals surface area contributed by atoms with Crippen LogP contribution in [0.2, 0.25) is 0 Å². The molecular formula is C14H18F2O6S2. The number of hydrogen-bond acceptors (Lipinski definition) is 6. The number of hydrogen-bond donors (Lipinski definition) is 0. The van der Waals surface area contributed by atoms with E-state index in [2.05, 4.69) is 13.2 Å². The van der Waals surface area contributed by atoms with Gasteiger partial charge in [-0.15, -0.1) is 20.9 Å². The van der Waals surface area contributed by atoms with E-state index in [1.165, 1.54) is 12.2 Å². The molecule has 0 N–H and O–H groups in total. The Morgan fingerprint density at radius 1 is 0.875 bits per heavy atom. The van der Waals surface area contributed by atoms with Crippen molar-refractivity contribution in [1.29, 1.82) is 0 Å². The monoisotopic (exact) mass is 384 g/mol. The zero-order valence-electron chi connectivity index (χ0n) is 12.8. The molecule has 24 heavy (non-hydrogen) atoms. The van der Waals surface area contributed by atoms with Gasteiger partial charge in [0.2, 0.25) is 0 Å². The van der Waals surface area contributed by atoms with Crippen molar-refractivity contribution in [2.45, 2.75) is 25.7 Å². The van der Waals surface area contributed by atoms with Crippen LogP contribution in [0.25, 0.3) is 0 Å². The molecule has 0 radical (unpaired) electrons. The summed E-state index contributed by atoms with van der Waals surface area (Å²) in [7, 11) is -9.98. The van der Waals surface area contributed by atoms with Gasteiger partial charge in [-0.3, -0.25) is 9.59 Å². The molecule has 0 bridgehead atoms. The predicted molar refractivity (Wildman–Crippen MR) is 83.5 cm³/mol. The van der Waals surface area contributed by atoms with Crippen molar-refractivity contribution in [2.75, 3.05) is 11.5 Å². The van der Waals surface area contributed by atoms with Gasteiger partial charge in [0.05, 0.1) is 16.9 Å². The Hall–Kier alpha value is -1.42. The van der Waals surface area contributed by atoms with E-state index < -0.39 is 67.2 Å². The van der Waals surface area contributed by atoms with E-state index in [1.54, 1.807) is 0 Å². The topological polar surface area (TPSA) is 102 Å². The van der Waals surface area contributed by atoms with Gasteiger partial charge in [-0.25, -0.2) is 0 Å². The summed E-state index contributed by atoms with van der Waals surface area (Å²) in [5.74, 6) is -3.81. The van der Waals surface area contributed by atoms with Crippen LogP contribution in [0.4, 0.5) is 7.77 Å². The molecule has 1 fully saturated rings. The van der Waals surface area contributed by atoms with Gasteiger partial charge in [-0.2, -0.15) is 16.8 Å². The van der Waals surface area contributed by atoms with Crippen molar-refractivity contribution in [3.8, 4) is 0 Å². The van der Waals surface area contributed by atoms with Crippen LogP contribution in [-0.2, 0) is 30.0 Å². The fourth-order valence-electron chi connectivity index (χ4n) is 2.80. The minimum Gasteiger partial charge on any atom is -0.299 e. The van der Waals surface area contributed by atoms with Crippen molar-refractivity contribution in [2.24, 2.45) is 10.8 Å². The molecule has 0 atom stereocenters. The molecule has 1 rings (SSSR count). The average Bonchev–Trinajstić information content (AvgIpc) is 2.43. The summed E-state index contributed by atoms with van der Waals surface area (Å²) in [5.41, 5.74) is -3.09. The van der Waals surface area contributed by atoms with Crippen LogP contribution in [0, 0.1) is 10.8 Å². The highest BCUT2D eigenvalue weighted by Crippen LogP contribution is 2.46. The summed E-state index contributed by atoms with van der Waals surface area (Å²) in [5, 5.41) is 0. The van der Waals surface area contributed by atoms with Crippen molar-refractivity contribution in [3.63, 3.8) is 0 Å². The number of allylic oxidation sites excluding steroid dienone is 2. The summed E-state index contributed by atoms with van der Waals surface area (Å²) >= 11 is 0. The van der Waals surface area contributed by atoms with Crippen molar-refractivity contribution in [3.05, 3.63) is 25.3 Å². The first kappa shape index (κ1) is 20.6. The zero-order valence-corrected chi connectivity index (χ0v) is 14.5. The van der Waals surface area contributed by atoms with Gasteiger partial charge < -0.3 is 0 Å². The maximum atomic E-state index is 12.9. The molecular weight excluding hydrogens is 366 g/mol. The second-order valence-corrected chi connectivity index (χ2v) is 8.88. The van der Waals surface area contributed by atoms with Gasteiger partial charge in [0.1, 0.15) is 11.6 Å². The number of Topliss-reactive ketones (excluding diaryl/α,β-unsaturated/α-hetero) is 2. The molecule has 0 aliphatic heterocycles. The van der Waals surface area contributed by atoms with Gasteiger partial charge in [0, 0.05) is 18.3 Å². The van der Waals surface area contributed by atoms with E-state index in [0.29, 0.717) is 0 Å². The zero-order chi connectivity index (χ0) is 18.8. The van der Waals surface area contributed by atoms with E-state index in [9.17, 15) is 34.2 Å². The Morgan fingerprint density at radius 2 is 1.21 bits per heavy atom. The smallest absolute Gasteiger partial charge is 0.299 e. The van der Waals surface area contributed by atoms with E-state index in [0.717, 1.165) is 0 Å². The van der Waals surface area contributed by atoms with Gasteiger partial charge in [-0.1, -0.05) is 12.2 Å². The average molecular weight is 384 g/mol. The third kappa shape index (κ3) is 4.79. The van der Waals surface area contributed by atoms with Gasteiger partial charge in [0.25, 0.3) is 0 Å². The van der Waals surface area contributed by atoms with Crippen molar-refractivity contribution < 1.29 is 34.2 Å². The molecule has 1 aliphatic rings. The van der Waals surface area contributed by atoms with E-state index in [1.807, 2.05) is 0 Å². The third-order valence-corrected chi connectivity index (χ3v) is 5.79. The highest BCUT2D eigenvalue weighted by Gasteiger charge is 2.53. The molecule has 0 aromatic rings. The Bertz CT molecular complexity index is 701. The lowest BCUT2D eigenvalue weighted by molar-refractivity contribution is -0.147. The Kier molecular flexibility index (Phi) is 5.87. The highest BCUT2D eigenvalue weighted by molar-refractivity contribution is 7.86. The Morgan fingerprint density at radius 3 is 1.46 bits per heavy atom. The molecule has 10 heteroatoms. The molecule has 0 heterocycles. The molecule has 1 saturated carbocycles. The van der Waals surface area contributed by atoms with Crippen LogP contribution in [0.5, 0.6) is 0 Å². The molecule has 0 aromatic carbocycles. The maximum Gasteiger partial charge on any atom is 0.302 e.